The molecule has 9 nitrogen and oxygen atoms in total. The highest BCUT2D eigenvalue weighted by Gasteiger charge is 2.14. The van der Waals surface area contributed by atoms with Gasteiger partial charge in [0.1, 0.15) is 5.69 Å². The van der Waals surface area contributed by atoms with Crippen molar-refractivity contribution in [2.75, 3.05) is 5.43 Å². The lowest BCUT2D eigenvalue weighted by Crippen LogP contribution is -1.99. The second-order valence-electron chi connectivity index (χ2n) is 7.03. The summed E-state index contributed by atoms with van der Waals surface area (Å²) in [6.45, 7) is 0. The Bertz CT molecular complexity index is 1400. The van der Waals surface area contributed by atoms with Crippen LogP contribution >= 0.6 is 0 Å². The van der Waals surface area contributed by atoms with Gasteiger partial charge in [-0.05, 0) is 54.6 Å². The summed E-state index contributed by atoms with van der Waals surface area (Å²) in [5.74, 6) is -3.10. The van der Waals surface area contributed by atoms with Crippen LogP contribution in [0.15, 0.2) is 78.0 Å². The number of rotatable bonds is 7. The normalized spacial score (nSPS) is 11.0. The van der Waals surface area contributed by atoms with Crippen LogP contribution in [-0.2, 0) is 0 Å². The van der Waals surface area contributed by atoms with Crippen molar-refractivity contribution in [1.82, 2.24) is 9.78 Å². The van der Waals surface area contributed by atoms with Crippen molar-refractivity contribution in [2.24, 2.45) is 5.10 Å². The van der Waals surface area contributed by atoms with E-state index < -0.39 is 22.5 Å². The van der Waals surface area contributed by atoms with Gasteiger partial charge in [0.05, 0.1) is 28.1 Å². The first-order chi connectivity index (χ1) is 16.3. The van der Waals surface area contributed by atoms with Crippen molar-refractivity contribution in [2.45, 2.75) is 0 Å². The molecule has 0 aliphatic carbocycles. The summed E-state index contributed by atoms with van der Waals surface area (Å²) in [6.07, 6.45) is 3.00. The number of carboxylic acid groups (broad SMARTS) is 1. The van der Waals surface area contributed by atoms with Gasteiger partial charge in [0.15, 0.2) is 11.6 Å². The van der Waals surface area contributed by atoms with Gasteiger partial charge in [-0.15, -0.1) is 0 Å². The zero-order chi connectivity index (χ0) is 24.2. The molecule has 2 N–H and O–H groups in total. The van der Waals surface area contributed by atoms with E-state index in [9.17, 15) is 23.7 Å². The van der Waals surface area contributed by atoms with Gasteiger partial charge in [0.25, 0.3) is 5.69 Å². The van der Waals surface area contributed by atoms with Crippen LogP contribution in [0.4, 0.5) is 20.2 Å². The number of nitro benzene ring substituents is 1. The van der Waals surface area contributed by atoms with Crippen LogP contribution in [0.1, 0.15) is 15.9 Å². The molecule has 4 rings (SSSR count). The number of nitrogens with one attached hydrogen (secondary N) is 1. The molecule has 0 radical (unpaired) electrons. The van der Waals surface area contributed by atoms with Crippen molar-refractivity contribution < 1.29 is 23.6 Å². The molecular formula is C23H15F2N5O4. The lowest BCUT2D eigenvalue weighted by atomic mass is 10.1. The molecule has 0 amide bonds. The van der Waals surface area contributed by atoms with E-state index in [4.69, 9.17) is 5.11 Å². The number of hydrogen-bond donors (Lipinski definition) is 2. The number of benzene rings is 3. The van der Waals surface area contributed by atoms with Gasteiger partial charge in [-0.25, -0.2) is 18.3 Å². The van der Waals surface area contributed by atoms with E-state index in [2.05, 4.69) is 15.6 Å². The van der Waals surface area contributed by atoms with Gasteiger partial charge in [-0.1, -0.05) is 0 Å². The third-order valence-electron chi connectivity index (χ3n) is 4.79. The molecule has 11 heteroatoms. The first-order valence-electron chi connectivity index (χ1n) is 9.74. The Morgan fingerprint density at radius 3 is 2.38 bits per heavy atom. The number of nitrogens with zero attached hydrogens (tertiary/aromatic N) is 4. The smallest absolute Gasteiger partial charge is 0.335 e. The molecule has 3 aromatic carbocycles. The Morgan fingerprint density at radius 1 is 1.06 bits per heavy atom. The summed E-state index contributed by atoms with van der Waals surface area (Å²) in [5.41, 5.74) is 4.86. The molecule has 1 heterocycles. The zero-order valence-electron chi connectivity index (χ0n) is 17.2. The quantitative estimate of drug-likeness (QED) is 0.229. The second-order valence-corrected chi connectivity index (χ2v) is 7.03. The number of non-ortho nitro benzene ring substituents is 1. The molecule has 0 saturated heterocycles. The van der Waals surface area contributed by atoms with Crippen molar-refractivity contribution in [3.05, 3.63) is 106 Å². The minimum atomic E-state index is -1.07. The van der Waals surface area contributed by atoms with Gasteiger partial charge in [0, 0.05) is 29.5 Å². The fourth-order valence-electron chi connectivity index (χ4n) is 3.07. The number of halogens is 2. The van der Waals surface area contributed by atoms with Gasteiger partial charge >= 0.3 is 5.97 Å². The lowest BCUT2D eigenvalue weighted by Gasteiger charge is -2.02. The number of aromatic nitrogens is 2. The van der Waals surface area contributed by atoms with E-state index in [-0.39, 0.29) is 11.3 Å². The summed E-state index contributed by atoms with van der Waals surface area (Å²) in [4.78, 5) is 21.3. The van der Waals surface area contributed by atoms with E-state index in [1.54, 1.807) is 18.3 Å². The maximum absolute atomic E-state index is 13.9. The van der Waals surface area contributed by atoms with Gasteiger partial charge < -0.3 is 5.11 Å². The average molecular weight is 463 g/mol. The van der Waals surface area contributed by atoms with Crippen molar-refractivity contribution in [3.63, 3.8) is 0 Å². The Labute approximate surface area is 190 Å². The topological polar surface area (TPSA) is 123 Å². The molecule has 170 valence electrons. The zero-order valence-corrected chi connectivity index (χ0v) is 17.2. The van der Waals surface area contributed by atoms with E-state index in [1.807, 2.05) is 0 Å². The maximum Gasteiger partial charge on any atom is 0.335 e. The van der Waals surface area contributed by atoms with Gasteiger partial charge in [-0.3, -0.25) is 15.5 Å². The molecule has 0 saturated carbocycles. The minimum Gasteiger partial charge on any atom is -0.478 e. The van der Waals surface area contributed by atoms with E-state index in [0.29, 0.717) is 28.2 Å². The Hall–Kier alpha value is -4.93. The predicted molar refractivity (Wildman–Crippen MR) is 120 cm³/mol. The highest BCUT2D eigenvalue weighted by atomic mass is 19.2. The molecule has 0 bridgehead atoms. The molecule has 0 unspecified atom stereocenters. The van der Waals surface area contributed by atoms with Crippen molar-refractivity contribution >= 4 is 23.6 Å². The highest BCUT2D eigenvalue weighted by molar-refractivity contribution is 5.89. The van der Waals surface area contributed by atoms with Crippen LogP contribution < -0.4 is 5.43 Å². The molecule has 0 aliphatic heterocycles. The van der Waals surface area contributed by atoms with Crippen molar-refractivity contribution in [1.29, 1.82) is 0 Å². The largest absolute Gasteiger partial charge is 0.478 e. The third-order valence-corrected chi connectivity index (χ3v) is 4.79. The number of aromatic carboxylic acids is 1. The van der Waals surface area contributed by atoms with Crippen molar-refractivity contribution in [3.8, 4) is 16.9 Å². The number of carboxylic acids is 1. The summed E-state index contributed by atoms with van der Waals surface area (Å²) in [6, 6.07) is 14.9. The number of nitro groups is 1. The predicted octanol–water partition coefficient (Wildman–Crippen LogP) is 4.87. The maximum atomic E-state index is 13.9. The van der Waals surface area contributed by atoms with E-state index in [0.717, 1.165) is 12.1 Å². The third kappa shape index (κ3) is 4.78. The highest BCUT2D eigenvalue weighted by Crippen LogP contribution is 2.25. The molecular weight excluding hydrogens is 448 g/mol. The number of carbonyl (C=O) groups is 1. The van der Waals surface area contributed by atoms with E-state index >= 15 is 0 Å². The van der Waals surface area contributed by atoms with Crippen LogP contribution in [0.25, 0.3) is 16.9 Å². The average Bonchev–Trinajstić information content (AvgIpc) is 3.25. The number of hydrogen-bond acceptors (Lipinski definition) is 6. The van der Waals surface area contributed by atoms with Crippen LogP contribution in [-0.4, -0.2) is 32.0 Å². The molecule has 0 aliphatic rings. The van der Waals surface area contributed by atoms with Crippen LogP contribution in [0, 0.1) is 21.7 Å². The SMILES string of the molecule is O=C(O)c1ccc(-n2cc(/C=N/Nc3ccc([N+](=O)[O-])cc3)c(-c3ccc(F)c(F)c3)n2)cc1. The Kier molecular flexibility index (Phi) is 6.08. The minimum absolute atomic E-state index is 0.0645. The summed E-state index contributed by atoms with van der Waals surface area (Å²) < 4.78 is 28.7. The molecule has 0 spiro atoms. The Morgan fingerprint density at radius 2 is 1.76 bits per heavy atom. The summed E-state index contributed by atoms with van der Waals surface area (Å²) >= 11 is 0. The van der Waals surface area contributed by atoms with E-state index in [1.165, 1.54) is 53.4 Å². The standard InChI is InChI=1S/C23H15F2N5O4/c24-20-10-3-15(11-21(20)25)22-16(12-26-27-17-4-8-19(9-5-17)30(33)34)13-29(28-22)18-6-1-14(2-7-18)23(31)32/h1-13,27H,(H,31,32)/b26-12+. The Balaban J connectivity index is 1.67. The monoisotopic (exact) mass is 463 g/mol. The lowest BCUT2D eigenvalue weighted by molar-refractivity contribution is -0.384. The first kappa shape index (κ1) is 22.3. The van der Waals surface area contributed by atoms with Crippen LogP contribution in [0.2, 0.25) is 0 Å². The molecule has 4 aromatic rings. The number of anilines is 1. The summed E-state index contributed by atoms with van der Waals surface area (Å²) in [7, 11) is 0. The number of hydrazone groups is 1. The first-order valence-corrected chi connectivity index (χ1v) is 9.74. The fourth-order valence-corrected chi connectivity index (χ4v) is 3.07. The molecule has 34 heavy (non-hydrogen) atoms. The van der Waals surface area contributed by atoms with Gasteiger partial charge in [0.2, 0.25) is 0 Å². The molecule has 0 atom stereocenters. The summed E-state index contributed by atoms with van der Waals surface area (Å²) in [5, 5.41) is 28.4. The molecule has 0 fully saturated rings. The van der Waals surface area contributed by atoms with Crippen LogP contribution in [0.3, 0.4) is 0 Å². The molecule has 1 aromatic heterocycles. The fraction of sp³-hybridized carbons (Fsp3) is 0. The second kappa shape index (κ2) is 9.28. The van der Waals surface area contributed by atoms with Crippen LogP contribution in [0.5, 0.6) is 0 Å². The van der Waals surface area contributed by atoms with Gasteiger partial charge in [-0.2, -0.15) is 10.2 Å².